The second-order valence-electron chi connectivity index (χ2n) is 3.46. The fourth-order valence-corrected chi connectivity index (χ4v) is 1.57. The van der Waals surface area contributed by atoms with Crippen molar-refractivity contribution < 1.29 is 31.1 Å². The van der Waals surface area contributed by atoms with Crippen LogP contribution in [0.1, 0.15) is 20.3 Å². The van der Waals surface area contributed by atoms with Crippen molar-refractivity contribution in [3.8, 4) is 0 Å². The average Bonchev–Trinajstić information content (AvgIpc) is 2.16. The predicted molar refractivity (Wildman–Crippen MR) is 53.1 cm³/mol. The first kappa shape index (κ1) is 16.6. The lowest BCUT2D eigenvalue weighted by Crippen LogP contribution is -2.52. The summed E-state index contributed by atoms with van der Waals surface area (Å²) in [5, 5.41) is -0.439. The Hall–Kier alpha value is -0.400. The summed E-state index contributed by atoms with van der Waals surface area (Å²) in [5.41, 5.74) is 0. The molecule has 8 heteroatoms. The van der Waals surface area contributed by atoms with E-state index in [1.807, 2.05) is 0 Å². The quantitative estimate of drug-likeness (QED) is 0.692. The van der Waals surface area contributed by atoms with Gasteiger partial charge in [-0.25, -0.2) is 8.78 Å². The molecule has 0 spiro atoms. The van der Waals surface area contributed by atoms with E-state index >= 15 is 0 Å². The van der Waals surface area contributed by atoms with Crippen molar-refractivity contribution in [3.05, 3.63) is 0 Å². The number of carbonyl (C=O) groups is 1. The number of hydrogen-bond donors (Lipinski definition) is 0. The van der Waals surface area contributed by atoms with Gasteiger partial charge in [0.15, 0.2) is 17.5 Å². The fraction of sp³-hybridized carbons (Fsp3) is 0.889. The van der Waals surface area contributed by atoms with E-state index in [2.05, 4.69) is 0 Å². The van der Waals surface area contributed by atoms with Crippen molar-refractivity contribution >= 4 is 16.9 Å². The summed E-state index contributed by atoms with van der Waals surface area (Å²) in [6.07, 6.45) is -7.29. The van der Waals surface area contributed by atoms with Gasteiger partial charge in [-0.05, 0) is 13.3 Å². The van der Waals surface area contributed by atoms with Crippen molar-refractivity contribution in [3.63, 3.8) is 0 Å². The highest BCUT2D eigenvalue weighted by Crippen LogP contribution is 2.43. The van der Waals surface area contributed by atoms with Gasteiger partial charge >= 0.3 is 11.8 Å². The van der Waals surface area contributed by atoms with Gasteiger partial charge in [0.25, 0.3) is 0 Å². The number of hydrogen-bond acceptors (Lipinski definition) is 2. The molecule has 0 bridgehead atoms. The van der Waals surface area contributed by atoms with Crippen LogP contribution in [0.25, 0.3) is 0 Å². The minimum absolute atomic E-state index is 0.241. The van der Waals surface area contributed by atoms with E-state index in [1.165, 1.54) is 0 Å². The second kappa shape index (κ2) is 5.97. The summed E-state index contributed by atoms with van der Waals surface area (Å²) in [6.45, 7) is 1.37. The zero-order chi connectivity index (χ0) is 13.9. The molecule has 0 saturated carbocycles. The lowest BCUT2D eigenvalue weighted by atomic mass is 10.0. The predicted octanol–water partition coefficient (Wildman–Crippen LogP) is 3.62. The number of alkyl halides is 6. The average molecular weight is 282 g/mol. The second-order valence-corrected chi connectivity index (χ2v) is 4.73. The maximum atomic E-state index is 13.0. The van der Waals surface area contributed by atoms with Gasteiger partial charge in [-0.3, -0.25) is 4.79 Å². The Bertz CT molecular complexity index is 268. The number of halogens is 6. The van der Waals surface area contributed by atoms with Crippen LogP contribution in [-0.4, -0.2) is 35.1 Å². The Morgan fingerprint density at radius 2 is 1.65 bits per heavy atom. The molecule has 0 heterocycles. The number of rotatable bonds is 6. The van der Waals surface area contributed by atoms with Crippen LogP contribution in [0.4, 0.5) is 26.3 Å². The lowest BCUT2D eigenvalue weighted by Gasteiger charge is -2.29. The molecule has 0 N–H and O–H groups in total. The van der Waals surface area contributed by atoms with E-state index in [-0.39, 0.29) is 12.7 Å². The van der Waals surface area contributed by atoms with Crippen LogP contribution < -0.4 is 0 Å². The molecule has 0 aliphatic carbocycles. The van der Waals surface area contributed by atoms with Gasteiger partial charge in [-0.15, -0.1) is 0 Å². The van der Waals surface area contributed by atoms with Gasteiger partial charge in [0.2, 0.25) is 0 Å². The first-order valence-corrected chi connectivity index (χ1v) is 5.69. The molecule has 0 aromatic heterocycles. The largest absolute Gasteiger partial charge is 0.343 e. The van der Waals surface area contributed by atoms with Crippen molar-refractivity contribution in [1.29, 1.82) is 0 Å². The molecule has 0 rings (SSSR count). The molecule has 0 fully saturated rings. The summed E-state index contributed by atoms with van der Waals surface area (Å²) in [6, 6.07) is 0. The van der Waals surface area contributed by atoms with Crippen LogP contribution in [-0.2, 0) is 4.79 Å². The van der Waals surface area contributed by atoms with Crippen molar-refractivity contribution in [2.24, 2.45) is 0 Å². The fourth-order valence-electron chi connectivity index (χ4n) is 0.961. The van der Waals surface area contributed by atoms with Gasteiger partial charge in [0, 0.05) is 12.7 Å². The van der Waals surface area contributed by atoms with Crippen molar-refractivity contribution in [1.82, 2.24) is 0 Å². The van der Waals surface area contributed by atoms with Gasteiger partial charge in [-0.2, -0.15) is 17.6 Å². The summed E-state index contributed by atoms with van der Waals surface area (Å²) < 4.78 is 76.6. The maximum Gasteiger partial charge on any atom is 0.343 e. The zero-order valence-corrected chi connectivity index (χ0v) is 9.97. The third-order valence-corrected chi connectivity index (χ3v) is 2.86. The van der Waals surface area contributed by atoms with E-state index < -0.39 is 35.7 Å². The first-order chi connectivity index (χ1) is 7.53. The van der Waals surface area contributed by atoms with E-state index in [0.29, 0.717) is 11.8 Å². The van der Waals surface area contributed by atoms with Gasteiger partial charge < -0.3 is 0 Å². The molecule has 0 saturated heterocycles. The molecule has 2 atom stereocenters. The molecular formula is C9H12F6OS. The van der Waals surface area contributed by atoms with Gasteiger partial charge in [0.05, 0.1) is 0 Å². The molecule has 17 heavy (non-hydrogen) atoms. The SMILES string of the molecule is CC(=O)SCCC(F)C(F)(F)C(F)(F)C(C)F. The topological polar surface area (TPSA) is 17.1 Å². The highest BCUT2D eigenvalue weighted by molar-refractivity contribution is 8.13. The smallest absolute Gasteiger partial charge is 0.288 e. The van der Waals surface area contributed by atoms with Crippen LogP contribution in [0.5, 0.6) is 0 Å². The Labute approximate surface area is 98.9 Å². The van der Waals surface area contributed by atoms with Crippen LogP contribution in [0.3, 0.4) is 0 Å². The van der Waals surface area contributed by atoms with Gasteiger partial charge in [0.1, 0.15) is 0 Å². The molecular weight excluding hydrogens is 270 g/mol. The van der Waals surface area contributed by atoms with Gasteiger partial charge in [-0.1, -0.05) is 11.8 Å². The van der Waals surface area contributed by atoms with E-state index in [4.69, 9.17) is 0 Å². The highest BCUT2D eigenvalue weighted by Gasteiger charge is 2.64. The summed E-state index contributed by atoms with van der Waals surface area (Å²) in [5.74, 6) is -10.5. The molecule has 2 unspecified atom stereocenters. The summed E-state index contributed by atoms with van der Waals surface area (Å²) in [7, 11) is 0. The molecule has 1 nitrogen and oxygen atoms in total. The monoisotopic (exact) mass is 282 g/mol. The minimum atomic E-state index is -5.08. The Morgan fingerprint density at radius 1 is 1.18 bits per heavy atom. The van der Waals surface area contributed by atoms with Crippen LogP contribution in [0.15, 0.2) is 0 Å². The zero-order valence-electron chi connectivity index (χ0n) is 9.15. The maximum absolute atomic E-state index is 13.0. The van der Waals surface area contributed by atoms with Crippen LogP contribution in [0, 0.1) is 0 Å². The summed E-state index contributed by atoms with van der Waals surface area (Å²) >= 11 is 0.544. The number of thioether (sulfide) groups is 1. The third kappa shape index (κ3) is 4.08. The van der Waals surface area contributed by atoms with E-state index in [9.17, 15) is 31.1 Å². The van der Waals surface area contributed by atoms with E-state index in [0.717, 1.165) is 6.92 Å². The van der Waals surface area contributed by atoms with Crippen LogP contribution in [0.2, 0.25) is 0 Å². The highest BCUT2D eigenvalue weighted by atomic mass is 32.2. The number of carbonyl (C=O) groups excluding carboxylic acids is 1. The lowest BCUT2D eigenvalue weighted by molar-refractivity contribution is -0.261. The van der Waals surface area contributed by atoms with Crippen molar-refractivity contribution in [2.75, 3.05) is 5.75 Å². The van der Waals surface area contributed by atoms with E-state index in [1.54, 1.807) is 0 Å². The summed E-state index contributed by atoms with van der Waals surface area (Å²) in [4.78, 5) is 10.4. The minimum Gasteiger partial charge on any atom is -0.288 e. The first-order valence-electron chi connectivity index (χ1n) is 4.70. The Kier molecular flexibility index (Phi) is 5.83. The molecule has 0 radical (unpaired) electrons. The molecule has 102 valence electrons. The molecule has 0 aromatic rings. The standard InChI is InChI=1S/C9H12F6OS/c1-5(10)8(12,13)9(14,15)7(11)3-4-17-6(2)16/h5,7H,3-4H2,1-2H3. The molecule has 0 amide bonds. The Morgan fingerprint density at radius 3 is 2.00 bits per heavy atom. The third-order valence-electron chi connectivity index (χ3n) is 2.01. The molecule has 0 aliphatic rings. The van der Waals surface area contributed by atoms with Crippen LogP contribution >= 0.6 is 11.8 Å². The molecule has 0 aromatic carbocycles. The van der Waals surface area contributed by atoms with Crippen molar-refractivity contribution in [2.45, 2.75) is 44.5 Å². The Balaban J connectivity index is 4.54. The normalized spacial score (nSPS) is 16.7. The molecule has 0 aliphatic heterocycles.